The van der Waals surface area contributed by atoms with Crippen LogP contribution in [0.5, 0.6) is 0 Å². The highest BCUT2D eigenvalue weighted by molar-refractivity contribution is 5.68. The first kappa shape index (κ1) is 10.7. The van der Waals surface area contributed by atoms with Crippen molar-refractivity contribution in [1.29, 1.82) is 0 Å². The maximum atomic E-state index is 11.9. The lowest BCUT2D eigenvalue weighted by atomic mass is 10.2. The first-order chi connectivity index (χ1) is 7.50. The third kappa shape index (κ3) is 1.56. The van der Waals surface area contributed by atoms with E-state index in [1.807, 2.05) is 0 Å². The van der Waals surface area contributed by atoms with Crippen molar-refractivity contribution in [3.8, 4) is 0 Å². The summed E-state index contributed by atoms with van der Waals surface area (Å²) in [5, 5.41) is 0. The van der Waals surface area contributed by atoms with E-state index in [1.165, 1.54) is 7.05 Å². The molecule has 0 spiro atoms. The van der Waals surface area contributed by atoms with Crippen LogP contribution in [0, 0.1) is 5.92 Å². The molecule has 86 valence electrons. The molecular formula is C10H14N4O2. The summed E-state index contributed by atoms with van der Waals surface area (Å²) in [5.41, 5.74) is 0.0637. The van der Waals surface area contributed by atoms with E-state index in [9.17, 15) is 9.59 Å². The van der Waals surface area contributed by atoms with Gasteiger partial charge < -0.3 is 4.57 Å². The van der Waals surface area contributed by atoms with E-state index in [4.69, 9.17) is 0 Å². The molecule has 0 unspecified atom stereocenters. The lowest BCUT2D eigenvalue weighted by molar-refractivity contribution is 0.531. The molecular weight excluding hydrogens is 208 g/mol. The number of rotatable bonds is 2. The highest BCUT2D eigenvalue weighted by atomic mass is 16.2. The van der Waals surface area contributed by atoms with Gasteiger partial charge in [0.1, 0.15) is 0 Å². The van der Waals surface area contributed by atoms with Crippen LogP contribution < -0.4 is 11.2 Å². The Labute approximate surface area is 91.5 Å². The average molecular weight is 222 g/mol. The van der Waals surface area contributed by atoms with Crippen LogP contribution in [0.3, 0.4) is 0 Å². The van der Waals surface area contributed by atoms with Crippen molar-refractivity contribution in [2.45, 2.75) is 20.4 Å². The zero-order chi connectivity index (χ0) is 11.9. The third-order valence-electron chi connectivity index (χ3n) is 2.44. The van der Waals surface area contributed by atoms with Crippen LogP contribution in [0.25, 0.3) is 11.2 Å². The number of H-pyrrole nitrogens is 1. The van der Waals surface area contributed by atoms with Crippen LogP contribution in [0.15, 0.2) is 15.9 Å². The van der Waals surface area contributed by atoms with Crippen molar-refractivity contribution in [1.82, 2.24) is 19.1 Å². The second-order valence-electron chi connectivity index (χ2n) is 4.28. The Bertz CT molecular complexity index is 632. The Balaban J connectivity index is 2.77. The summed E-state index contributed by atoms with van der Waals surface area (Å²) in [6.07, 6.45) is 1.59. The molecule has 0 aliphatic rings. The zero-order valence-electron chi connectivity index (χ0n) is 9.52. The minimum Gasteiger partial charge on any atom is -0.324 e. The van der Waals surface area contributed by atoms with Gasteiger partial charge in [0.05, 0.1) is 6.33 Å². The average Bonchev–Trinajstić information content (AvgIpc) is 2.57. The standard InChI is InChI=1S/C10H14N4O2/c1-6(2)4-14-5-11-8-7(14)9(15)13(3)10(16)12-8/h5-6H,4H2,1-3H3,(H,12,16). The van der Waals surface area contributed by atoms with Gasteiger partial charge in [-0.2, -0.15) is 0 Å². The Morgan fingerprint density at radius 1 is 1.44 bits per heavy atom. The van der Waals surface area contributed by atoms with Crippen molar-refractivity contribution in [3.05, 3.63) is 27.2 Å². The van der Waals surface area contributed by atoms with Gasteiger partial charge in [0.25, 0.3) is 5.56 Å². The molecule has 0 amide bonds. The van der Waals surface area contributed by atoms with Gasteiger partial charge >= 0.3 is 5.69 Å². The Morgan fingerprint density at radius 2 is 2.12 bits per heavy atom. The number of imidazole rings is 1. The summed E-state index contributed by atoms with van der Waals surface area (Å²) >= 11 is 0. The summed E-state index contributed by atoms with van der Waals surface area (Å²) in [6, 6.07) is 0. The Kier molecular flexibility index (Phi) is 2.41. The summed E-state index contributed by atoms with van der Waals surface area (Å²) in [7, 11) is 1.45. The van der Waals surface area contributed by atoms with Crippen molar-refractivity contribution < 1.29 is 0 Å². The fraction of sp³-hybridized carbons (Fsp3) is 0.500. The largest absolute Gasteiger partial charge is 0.329 e. The van der Waals surface area contributed by atoms with Gasteiger partial charge in [0.2, 0.25) is 0 Å². The topological polar surface area (TPSA) is 72.7 Å². The molecule has 2 heterocycles. The lowest BCUT2D eigenvalue weighted by Crippen LogP contribution is -2.33. The van der Waals surface area contributed by atoms with Crippen LogP contribution in [-0.2, 0) is 13.6 Å². The number of hydrogen-bond acceptors (Lipinski definition) is 3. The molecule has 2 rings (SSSR count). The van der Waals surface area contributed by atoms with Gasteiger partial charge in [-0.15, -0.1) is 0 Å². The van der Waals surface area contributed by atoms with E-state index in [2.05, 4.69) is 23.8 Å². The number of hydrogen-bond donors (Lipinski definition) is 1. The minimum absolute atomic E-state index is 0.308. The quantitative estimate of drug-likeness (QED) is 0.782. The summed E-state index contributed by atoms with van der Waals surface area (Å²) in [6.45, 7) is 4.82. The van der Waals surface area contributed by atoms with Gasteiger partial charge in [-0.25, -0.2) is 9.78 Å². The van der Waals surface area contributed by atoms with Crippen molar-refractivity contribution in [2.75, 3.05) is 0 Å². The molecule has 6 nitrogen and oxygen atoms in total. The van der Waals surface area contributed by atoms with Gasteiger partial charge in [0, 0.05) is 13.6 Å². The summed E-state index contributed by atoms with van der Waals surface area (Å²) in [5.74, 6) is 0.411. The molecule has 0 radical (unpaired) electrons. The predicted molar refractivity (Wildman–Crippen MR) is 60.4 cm³/mol. The lowest BCUT2D eigenvalue weighted by Gasteiger charge is -2.06. The number of nitrogens with zero attached hydrogens (tertiary/aromatic N) is 3. The molecule has 0 atom stereocenters. The molecule has 0 fully saturated rings. The van der Waals surface area contributed by atoms with E-state index >= 15 is 0 Å². The number of aromatic amines is 1. The monoisotopic (exact) mass is 222 g/mol. The van der Waals surface area contributed by atoms with Crippen LogP contribution in [0.2, 0.25) is 0 Å². The highest BCUT2D eigenvalue weighted by Gasteiger charge is 2.11. The molecule has 1 N–H and O–H groups in total. The number of aromatic nitrogens is 4. The van der Waals surface area contributed by atoms with Crippen LogP contribution in [0.1, 0.15) is 13.8 Å². The maximum absolute atomic E-state index is 11.9. The smallest absolute Gasteiger partial charge is 0.324 e. The van der Waals surface area contributed by atoms with E-state index in [1.54, 1.807) is 10.9 Å². The van der Waals surface area contributed by atoms with Gasteiger partial charge in [-0.1, -0.05) is 13.8 Å². The molecule has 16 heavy (non-hydrogen) atoms. The first-order valence-corrected chi connectivity index (χ1v) is 5.15. The van der Waals surface area contributed by atoms with E-state index in [0.717, 1.165) is 4.57 Å². The van der Waals surface area contributed by atoms with Gasteiger partial charge in [-0.3, -0.25) is 14.3 Å². The molecule has 2 aromatic rings. The third-order valence-corrected chi connectivity index (χ3v) is 2.44. The normalized spacial score (nSPS) is 11.5. The van der Waals surface area contributed by atoms with E-state index < -0.39 is 5.69 Å². The molecule has 2 aromatic heterocycles. The van der Waals surface area contributed by atoms with Crippen LogP contribution >= 0.6 is 0 Å². The molecule has 6 heteroatoms. The minimum atomic E-state index is -0.438. The molecule has 0 saturated heterocycles. The summed E-state index contributed by atoms with van der Waals surface area (Å²) in [4.78, 5) is 29.8. The van der Waals surface area contributed by atoms with Gasteiger partial charge in [0.15, 0.2) is 11.2 Å². The van der Waals surface area contributed by atoms with Crippen molar-refractivity contribution in [2.24, 2.45) is 13.0 Å². The zero-order valence-corrected chi connectivity index (χ0v) is 9.52. The van der Waals surface area contributed by atoms with Crippen molar-refractivity contribution in [3.63, 3.8) is 0 Å². The fourth-order valence-corrected chi connectivity index (χ4v) is 1.67. The second-order valence-corrected chi connectivity index (χ2v) is 4.28. The molecule has 0 bridgehead atoms. The van der Waals surface area contributed by atoms with Crippen LogP contribution in [-0.4, -0.2) is 19.1 Å². The SMILES string of the molecule is CC(C)Cn1cnc2[nH]c(=O)n(C)c(=O)c21. The number of nitrogens with one attached hydrogen (secondary N) is 1. The summed E-state index contributed by atoms with van der Waals surface area (Å²) < 4.78 is 2.83. The van der Waals surface area contributed by atoms with Gasteiger partial charge in [-0.05, 0) is 5.92 Å². The molecule has 0 aliphatic heterocycles. The Hall–Kier alpha value is -1.85. The number of fused-ring (bicyclic) bond motifs is 1. The first-order valence-electron chi connectivity index (χ1n) is 5.15. The fourth-order valence-electron chi connectivity index (χ4n) is 1.67. The van der Waals surface area contributed by atoms with Crippen molar-refractivity contribution >= 4 is 11.2 Å². The predicted octanol–water partition coefficient (Wildman–Crippen LogP) is 0.0793. The Morgan fingerprint density at radius 3 is 2.75 bits per heavy atom. The second kappa shape index (κ2) is 3.62. The molecule has 0 aliphatic carbocycles. The molecule has 0 aromatic carbocycles. The van der Waals surface area contributed by atoms with E-state index in [-0.39, 0.29) is 5.56 Å². The highest BCUT2D eigenvalue weighted by Crippen LogP contribution is 2.06. The molecule has 0 saturated carbocycles. The maximum Gasteiger partial charge on any atom is 0.329 e. The van der Waals surface area contributed by atoms with E-state index in [0.29, 0.717) is 23.6 Å². The van der Waals surface area contributed by atoms with Crippen LogP contribution in [0.4, 0.5) is 0 Å².